The van der Waals surface area contributed by atoms with Gasteiger partial charge in [0, 0.05) is 18.0 Å². The van der Waals surface area contributed by atoms with Crippen LogP contribution in [0.25, 0.3) is 0 Å². The minimum Gasteiger partial charge on any atom is -0.454 e. The van der Waals surface area contributed by atoms with Gasteiger partial charge in [-0.3, -0.25) is 14.5 Å². The number of pyridine rings is 1. The van der Waals surface area contributed by atoms with Crippen molar-refractivity contribution in [2.24, 2.45) is 5.92 Å². The molecule has 35 heavy (non-hydrogen) atoms. The summed E-state index contributed by atoms with van der Waals surface area (Å²) >= 11 is 0. The maximum Gasteiger partial charge on any atom is 0.416 e. The van der Waals surface area contributed by atoms with E-state index in [4.69, 9.17) is 4.74 Å². The molecule has 0 fully saturated rings. The number of anilines is 2. The number of hydrogen-bond acceptors (Lipinski definition) is 4. The van der Waals surface area contributed by atoms with E-state index in [1.54, 1.807) is 38.1 Å². The standard InChI is InChI=1S/C25H21F4N3O3/c1-14(2)23(33)31-21-4-3-5-22(30-21)32-11-10-15-6-8-17(13-18(15)24(32)34)35-20-9-7-16(12-19(20)26)25(27,28)29/h3-9,12-14H,10-11H2,1-2H3,(H,30,31,33). The molecule has 1 aromatic heterocycles. The number of nitrogens with one attached hydrogen (secondary N) is 1. The molecule has 182 valence electrons. The predicted octanol–water partition coefficient (Wildman–Crippen LogP) is 5.83. The normalized spacial score (nSPS) is 13.6. The number of alkyl halides is 3. The van der Waals surface area contributed by atoms with Gasteiger partial charge in [0.1, 0.15) is 17.4 Å². The van der Waals surface area contributed by atoms with Crippen LogP contribution in [0.15, 0.2) is 54.6 Å². The molecule has 0 spiro atoms. The van der Waals surface area contributed by atoms with Crippen LogP contribution in [0, 0.1) is 11.7 Å². The van der Waals surface area contributed by atoms with Gasteiger partial charge in [0.2, 0.25) is 5.91 Å². The van der Waals surface area contributed by atoms with E-state index in [2.05, 4.69) is 10.3 Å². The molecule has 3 aromatic rings. The number of hydrogen-bond donors (Lipinski definition) is 1. The van der Waals surface area contributed by atoms with E-state index < -0.39 is 23.3 Å². The van der Waals surface area contributed by atoms with Crippen LogP contribution in [-0.4, -0.2) is 23.3 Å². The predicted molar refractivity (Wildman–Crippen MR) is 121 cm³/mol. The Kier molecular flexibility index (Phi) is 6.47. The molecule has 1 aliphatic rings. The molecule has 2 heterocycles. The van der Waals surface area contributed by atoms with E-state index in [0.29, 0.717) is 36.2 Å². The number of benzene rings is 2. The van der Waals surface area contributed by atoms with Crippen LogP contribution in [-0.2, 0) is 17.4 Å². The van der Waals surface area contributed by atoms with E-state index in [9.17, 15) is 27.2 Å². The van der Waals surface area contributed by atoms with Crippen LogP contribution in [0.2, 0.25) is 0 Å². The first kappa shape index (κ1) is 24.2. The summed E-state index contributed by atoms with van der Waals surface area (Å²) in [7, 11) is 0. The number of carbonyl (C=O) groups is 2. The highest BCUT2D eigenvalue weighted by atomic mass is 19.4. The van der Waals surface area contributed by atoms with Crippen molar-refractivity contribution in [2.45, 2.75) is 26.4 Å². The van der Waals surface area contributed by atoms with Crippen molar-refractivity contribution in [2.75, 3.05) is 16.8 Å². The van der Waals surface area contributed by atoms with Crippen LogP contribution in [0.5, 0.6) is 11.5 Å². The third-order valence-corrected chi connectivity index (χ3v) is 5.44. The molecule has 2 amide bonds. The van der Waals surface area contributed by atoms with E-state index in [1.165, 1.54) is 17.0 Å². The zero-order valence-electron chi connectivity index (χ0n) is 18.8. The van der Waals surface area contributed by atoms with Crippen molar-refractivity contribution in [1.82, 2.24) is 4.98 Å². The topological polar surface area (TPSA) is 71.5 Å². The highest BCUT2D eigenvalue weighted by Crippen LogP contribution is 2.34. The summed E-state index contributed by atoms with van der Waals surface area (Å²) in [6.45, 7) is 3.86. The molecule has 2 aromatic carbocycles. The zero-order chi connectivity index (χ0) is 25.3. The van der Waals surface area contributed by atoms with Gasteiger partial charge in [-0.05, 0) is 54.4 Å². The molecule has 4 rings (SSSR count). The van der Waals surface area contributed by atoms with Crippen molar-refractivity contribution in [3.8, 4) is 11.5 Å². The van der Waals surface area contributed by atoms with Crippen LogP contribution >= 0.6 is 0 Å². The molecule has 1 aliphatic heterocycles. The molecule has 0 saturated heterocycles. The highest BCUT2D eigenvalue weighted by molar-refractivity contribution is 6.08. The quantitative estimate of drug-likeness (QED) is 0.460. The van der Waals surface area contributed by atoms with Crippen molar-refractivity contribution in [1.29, 1.82) is 0 Å². The lowest BCUT2D eigenvalue weighted by Gasteiger charge is -2.28. The Bertz CT molecular complexity index is 1290. The van der Waals surface area contributed by atoms with E-state index >= 15 is 0 Å². The third-order valence-electron chi connectivity index (χ3n) is 5.44. The Balaban J connectivity index is 1.56. The number of ether oxygens (including phenoxy) is 1. The van der Waals surface area contributed by atoms with Gasteiger partial charge in [0.25, 0.3) is 5.91 Å². The molecule has 0 unspecified atom stereocenters. The molecular formula is C25H21F4N3O3. The van der Waals surface area contributed by atoms with Crippen LogP contribution in [0.1, 0.15) is 35.3 Å². The van der Waals surface area contributed by atoms with Gasteiger partial charge in [-0.25, -0.2) is 9.37 Å². The van der Waals surface area contributed by atoms with Crippen LogP contribution < -0.4 is 15.0 Å². The monoisotopic (exact) mass is 487 g/mol. The Morgan fingerprint density at radius 2 is 1.89 bits per heavy atom. The number of halogens is 4. The second-order valence-electron chi connectivity index (χ2n) is 8.30. The first-order valence-corrected chi connectivity index (χ1v) is 10.8. The average Bonchev–Trinajstić information content (AvgIpc) is 2.80. The molecule has 10 heteroatoms. The van der Waals surface area contributed by atoms with Gasteiger partial charge in [-0.15, -0.1) is 0 Å². The maximum atomic E-state index is 14.2. The number of rotatable bonds is 5. The summed E-state index contributed by atoms with van der Waals surface area (Å²) in [6, 6.07) is 11.5. The zero-order valence-corrected chi connectivity index (χ0v) is 18.8. The number of amides is 2. The molecule has 1 N–H and O–H groups in total. The SMILES string of the molecule is CC(C)C(=O)Nc1cccc(N2CCc3ccc(Oc4ccc(C(F)(F)F)cc4F)cc3C2=O)n1. The first-order chi connectivity index (χ1) is 16.5. The number of carbonyl (C=O) groups excluding carboxylic acids is 2. The Morgan fingerprint density at radius 1 is 1.11 bits per heavy atom. The molecule has 0 radical (unpaired) electrons. The molecular weight excluding hydrogens is 466 g/mol. The largest absolute Gasteiger partial charge is 0.454 e. The minimum atomic E-state index is -4.68. The lowest BCUT2D eigenvalue weighted by atomic mass is 9.98. The fourth-order valence-corrected chi connectivity index (χ4v) is 3.53. The van der Waals surface area contributed by atoms with Crippen molar-refractivity contribution >= 4 is 23.5 Å². The smallest absolute Gasteiger partial charge is 0.416 e. The minimum absolute atomic E-state index is 0.100. The van der Waals surface area contributed by atoms with E-state index in [1.807, 2.05) is 0 Å². The Hall–Kier alpha value is -3.95. The van der Waals surface area contributed by atoms with Gasteiger partial charge in [-0.2, -0.15) is 13.2 Å². The Morgan fingerprint density at radius 3 is 2.57 bits per heavy atom. The number of aromatic nitrogens is 1. The molecule has 6 nitrogen and oxygen atoms in total. The molecule has 0 bridgehead atoms. The van der Waals surface area contributed by atoms with Gasteiger partial charge in [-0.1, -0.05) is 26.0 Å². The summed E-state index contributed by atoms with van der Waals surface area (Å²) in [4.78, 5) is 31.0. The fourth-order valence-electron chi connectivity index (χ4n) is 3.53. The average molecular weight is 487 g/mol. The van der Waals surface area contributed by atoms with E-state index in [-0.39, 0.29) is 23.5 Å². The highest BCUT2D eigenvalue weighted by Gasteiger charge is 2.32. The van der Waals surface area contributed by atoms with Crippen molar-refractivity contribution in [3.63, 3.8) is 0 Å². The molecule has 0 atom stereocenters. The van der Waals surface area contributed by atoms with Crippen molar-refractivity contribution in [3.05, 3.63) is 77.1 Å². The maximum absolute atomic E-state index is 14.2. The number of nitrogens with zero attached hydrogens (tertiary/aromatic N) is 2. The summed E-state index contributed by atoms with van der Waals surface area (Å²) in [5, 5.41) is 2.70. The number of fused-ring (bicyclic) bond motifs is 1. The summed E-state index contributed by atoms with van der Waals surface area (Å²) < 4.78 is 58.0. The van der Waals surface area contributed by atoms with Crippen LogP contribution in [0.4, 0.5) is 29.2 Å². The van der Waals surface area contributed by atoms with Crippen molar-refractivity contribution < 1.29 is 31.9 Å². The van der Waals surface area contributed by atoms with Gasteiger partial charge in [0.15, 0.2) is 11.6 Å². The summed E-state index contributed by atoms with van der Waals surface area (Å²) in [5.74, 6) is -1.62. The molecule has 0 saturated carbocycles. The van der Waals surface area contributed by atoms with Gasteiger partial charge < -0.3 is 10.1 Å². The van der Waals surface area contributed by atoms with Gasteiger partial charge >= 0.3 is 6.18 Å². The fraction of sp³-hybridized carbons (Fsp3) is 0.240. The summed E-state index contributed by atoms with van der Waals surface area (Å²) in [5.41, 5.74) is -0.0758. The second kappa shape index (κ2) is 9.36. The van der Waals surface area contributed by atoms with E-state index in [0.717, 1.165) is 17.7 Å². The lowest BCUT2D eigenvalue weighted by Crippen LogP contribution is -2.38. The second-order valence-corrected chi connectivity index (χ2v) is 8.30. The third kappa shape index (κ3) is 5.26. The van der Waals surface area contributed by atoms with Crippen LogP contribution in [0.3, 0.4) is 0 Å². The van der Waals surface area contributed by atoms with Gasteiger partial charge in [0.05, 0.1) is 5.56 Å². The summed E-state index contributed by atoms with van der Waals surface area (Å²) in [6.07, 6.45) is -4.16. The lowest BCUT2D eigenvalue weighted by molar-refractivity contribution is -0.137. The molecule has 0 aliphatic carbocycles. The Labute approximate surface area is 198 Å². The first-order valence-electron chi connectivity index (χ1n) is 10.8.